The first kappa shape index (κ1) is 11.4. The highest BCUT2D eigenvalue weighted by Gasteiger charge is 2.58. The van der Waals surface area contributed by atoms with Crippen molar-refractivity contribution >= 4 is 11.9 Å². The van der Waals surface area contributed by atoms with Crippen molar-refractivity contribution in [3.05, 3.63) is 0 Å². The molecule has 1 heterocycles. The van der Waals surface area contributed by atoms with Crippen molar-refractivity contribution < 1.29 is 19.4 Å². The van der Waals surface area contributed by atoms with E-state index in [-0.39, 0.29) is 17.7 Å². The van der Waals surface area contributed by atoms with Gasteiger partial charge in [-0.1, -0.05) is 13.3 Å². The van der Waals surface area contributed by atoms with E-state index in [1.165, 1.54) is 0 Å². The number of hydrogen-bond donors (Lipinski definition) is 1. The lowest BCUT2D eigenvalue weighted by molar-refractivity contribution is -0.143. The minimum absolute atomic E-state index is 0.00236. The molecular weight excluding hydrogens is 210 g/mol. The predicted octanol–water partition coefficient (Wildman–Crippen LogP) is 0.202. The van der Waals surface area contributed by atoms with E-state index in [1.807, 2.05) is 6.92 Å². The van der Waals surface area contributed by atoms with Gasteiger partial charge in [-0.25, -0.2) is 0 Å². The Bertz CT molecular complexity index is 298. The average Bonchev–Trinajstić information content (AvgIpc) is 3.03. The molecule has 1 saturated carbocycles. The first-order valence-corrected chi connectivity index (χ1v) is 5.76. The molecule has 2 rings (SSSR count). The lowest BCUT2D eigenvalue weighted by Crippen LogP contribution is -2.42. The number of carbonyl (C=O) groups is 2. The first-order valence-electron chi connectivity index (χ1n) is 5.76. The van der Waals surface area contributed by atoms with Crippen LogP contribution in [0.4, 0.5) is 0 Å². The molecule has 2 fully saturated rings. The summed E-state index contributed by atoms with van der Waals surface area (Å²) < 4.78 is 5.17. The minimum atomic E-state index is -0.835. The number of carboxylic acid groups (broad SMARTS) is 1. The molecule has 0 aromatic rings. The molecule has 2 unspecified atom stereocenters. The van der Waals surface area contributed by atoms with Crippen molar-refractivity contribution in [1.82, 2.24) is 4.90 Å². The van der Waals surface area contributed by atoms with Gasteiger partial charge in [-0.3, -0.25) is 9.59 Å². The van der Waals surface area contributed by atoms with Crippen LogP contribution in [0.3, 0.4) is 0 Å². The van der Waals surface area contributed by atoms with Gasteiger partial charge in [-0.15, -0.1) is 0 Å². The van der Waals surface area contributed by atoms with Gasteiger partial charge in [-0.05, 0) is 5.92 Å². The van der Waals surface area contributed by atoms with Gasteiger partial charge < -0.3 is 14.7 Å². The van der Waals surface area contributed by atoms with Crippen molar-refractivity contribution in [3.63, 3.8) is 0 Å². The Hall–Kier alpha value is -1.10. The van der Waals surface area contributed by atoms with E-state index in [2.05, 4.69) is 0 Å². The fourth-order valence-corrected chi connectivity index (χ4v) is 2.55. The topological polar surface area (TPSA) is 66.8 Å². The second kappa shape index (κ2) is 4.41. The van der Waals surface area contributed by atoms with Gasteiger partial charge in [0.2, 0.25) is 5.91 Å². The molecule has 0 aromatic heterocycles. The maximum absolute atomic E-state index is 12.1. The van der Waals surface area contributed by atoms with Crippen LogP contribution in [0.1, 0.15) is 13.3 Å². The minimum Gasteiger partial charge on any atom is -0.481 e. The number of ether oxygens (including phenoxy) is 1. The zero-order valence-electron chi connectivity index (χ0n) is 9.39. The summed E-state index contributed by atoms with van der Waals surface area (Å²) in [4.78, 5) is 24.7. The molecule has 5 nitrogen and oxygen atoms in total. The van der Waals surface area contributed by atoms with E-state index in [4.69, 9.17) is 9.84 Å². The Labute approximate surface area is 94.4 Å². The van der Waals surface area contributed by atoms with Crippen molar-refractivity contribution in [2.45, 2.75) is 13.3 Å². The quantitative estimate of drug-likeness (QED) is 0.748. The van der Waals surface area contributed by atoms with Gasteiger partial charge in [0.15, 0.2) is 0 Å². The largest absolute Gasteiger partial charge is 0.481 e. The summed E-state index contributed by atoms with van der Waals surface area (Å²) in [6, 6.07) is 0. The molecule has 0 bridgehead atoms. The predicted molar refractivity (Wildman–Crippen MR) is 55.8 cm³/mol. The zero-order chi connectivity index (χ0) is 11.7. The number of rotatable bonds is 3. The Morgan fingerprint density at radius 2 is 1.94 bits per heavy atom. The molecule has 1 aliphatic heterocycles. The number of aliphatic carboxylic acids is 1. The molecule has 0 radical (unpaired) electrons. The van der Waals surface area contributed by atoms with Crippen molar-refractivity contribution in [2.75, 3.05) is 26.3 Å². The summed E-state index contributed by atoms with van der Waals surface area (Å²) in [7, 11) is 0. The molecule has 1 aliphatic carbocycles. The standard InChI is InChI=1S/C11H17NO4/c1-2-7-8(9(7)11(14)15)10(13)12-3-5-16-6-4-12/h7-9H,2-6H2,1H3,(H,14,15)/t7-,8?,9?/m0/s1. The molecule has 0 spiro atoms. The van der Waals surface area contributed by atoms with Crippen LogP contribution in [-0.2, 0) is 14.3 Å². The van der Waals surface area contributed by atoms with E-state index < -0.39 is 11.9 Å². The van der Waals surface area contributed by atoms with E-state index in [0.717, 1.165) is 6.42 Å². The number of nitrogens with zero attached hydrogens (tertiary/aromatic N) is 1. The fraction of sp³-hybridized carbons (Fsp3) is 0.818. The monoisotopic (exact) mass is 227 g/mol. The summed E-state index contributed by atoms with van der Waals surface area (Å²) in [5, 5.41) is 8.98. The third-order valence-electron chi connectivity index (χ3n) is 3.53. The van der Waals surface area contributed by atoms with Gasteiger partial charge >= 0.3 is 5.97 Å². The Morgan fingerprint density at radius 3 is 2.38 bits per heavy atom. The molecule has 5 heteroatoms. The van der Waals surface area contributed by atoms with E-state index in [1.54, 1.807) is 4.90 Å². The Morgan fingerprint density at radius 1 is 1.31 bits per heavy atom. The lowest BCUT2D eigenvalue weighted by atomic mass is 10.2. The van der Waals surface area contributed by atoms with E-state index >= 15 is 0 Å². The number of morpholine rings is 1. The van der Waals surface area contributed by atoms with Crippen LogP contribution in [0.2, 0.25) is 0 Å². The Kier molecular flexibility index (Phi) is 3.14. The van der Waals surface area contributed by atoms with Crippen molar-refractivity contribution in [3.8, 4) is 0 Å². The summed E-state index contributed by atoms with van der Waals surface area (Å²) in [6.45, 7) is 4.25. The number of hydrogen-bond acceptors (Lipinski definition) is 3. The molecule has 3 atom stereocenters. The zero-order valence-corrected chi connectivity index (χ0v) is 9.39. The number of carboxylic acids is 1. The Balaban J connectivity index is 1.97. The van der Waals surface area contributed by atoms with Crippen LogP contribution < -0.4 is 0 Å². The summed E-state index contributed by atoms with van der Waals surface area (Å²) in [6.07, 6.45) is 0.762. The maximum Gasteiger partial charge on any atom is 0.307 e. The summed E-state index contributed by atoms with van der Waals surface area (Å²) >= 11 is 0. The molecule has 16 heavy (non-hydrogen) atoms. The molecule has 90 valence electrons. The highest BCUT2D eigenvalue weighted by atomic mass is 16.5. The van der Waals surface area contributed by atoms with Gasteiger partial charge in [0.25, 0.3) is 0 Å². The van der Waals surface area contributed by atoms with Gasteiger partial charge in [0, 0.05) is 13.1 Å². The molecule has 1 N–H and O–H groups in total. The van der Waals surface area contributed by atoms with Crippen LogP contribution in [0, 0.1) is 17.8 Å². The summed E-state index contributed by atoms with van der Waals surface area (Å²) in [5.74, 6) is -1.55. The van der Waals surface area contributed by atoms with E-state index in [9.17, 15) is 9.59 Å². The van der Waals surface area contributed by atoms with Crippen molar-refractivity contribution in [2.24, 2.45) is 17.8 Å². The number of carbonyl (C=O) groups excluding carboxylic acids is 1. The second-order valence-corrected chi connectivity index (χ2v) is 4.40. The van der Waals surface area contributed by atoms with E-state index in [0.29, 0.717) is 26.3 Å². The fourth-order valence-electron chi connectivity index (χ4n) is 2.55. The molecule has 0 aromatic carbocycles. The highest BCUT2D eigenvalue weighted by molar-refractivity contribution is 5.90. The van der Waals surface area contributed by atoms with Crippen molar-refractivity contribution in [1.29, 1.82) is 0 Å². The third-order valence-corrected chi connectivity index (χ3v) is 3.53. The first-order chi connectivity index (χ1) is 7.66. The SMILES string of the molecule is CC[C@@H]1C(C(=O)O)C1C(=O)N1CCOCC1. The normalized spacial score (nSPS) is 33.6. The molecular formula is C11H17NO4. The van der Waals surface area contributed by atoms with Crippen LogP contribution in [0.15, 0.2) is 0 Å². The third kappa shape index (κ3) is 1.91. The van der Waals surface area contributed by atoms with Crippen LogP contribution >= 0.6 is 0 Å². The van der Waals surface area contributed by atoms with Gasteiger partial charge in [0.05, 0.1) is 25.0 Å². The summed E-state index contributed by atoms with van der Waals surface area (Å²) in [5.41, 5.74) is 0. The molecule has 1 saturated heterocycles. The van der Waals surface area contributed by atoms with Gasteiger partial charge in [-0.2, -0.15) is 0 Å². The van der Waals surface area contributed by atoms with Crippen LogP contribution in [0.5, 0.6) is 0 Å². The maximum atomic E-state index is 12.1. The average molecular weight is 227 g/mol. The van der Waals surface area contributed by atoms with Crippen LogP contribution in [0.25, 0.3) is 0 Å². The van der Waals surface area contributed by atoms with Gasteiger partial charge in [0.1, 0.15) is 0 Å². The van der Waals surface area contributed by atoms with Crippen LogP contribution in [-0.4, -0.2) is 48.2 Å². The molecule has 1 amide bonds. The number of amides is 1. The lowest BCUT2D eigenvalue weighted by Gasteiger charge is -2.27. The molecule has 2 aliphatic rings. The second-order valence-electron chi connectivity index (χ2n) is 4.40. The smallest absolute Gasteiger partial charge is 0.307 e. The highest BCUT2D eigenvalue weighted by Crippen LogP contribution is 2.49.